The summed E-state index contributed by atoms with van der Waals surface area (Å²) in [6, 6.07) is 11.7. The van der Waals surface area contributed by atoms with Gasteiger partial charge in [-0.25, -0.2) is 8.78 Å². The minimum absolute atomic E-state index is 0.0737. The Labute approximate surface area is 213 Å². The number of halogens is 2. The second-order valence-corrected chi connectivity index (χ2v) is 9.32. The summed E-state index contributed by atoms with van der Waals surface area (Å²) in [5.41, 5.74) is 2.19. The van der Waals surface area contributed by atoms with Gasteiger partial charge in [0.05, 0.1) is 40.7 Å². The van der Waals surface area contributed by atoms with Gasteiger partial charge >= 0.3 is 0 Å². The first kappa shape index (κ1) is 24.4. The molecular weight excluding hydrogens is 476 g/mol. The summed E-state index contributed by atoms with van der Waals surface area (Å²) in [6.07, 6.45) is 3.55. The first-order valence-corrected chi connectivity index (χ1v) is 11.9. The number of aromatic nitrogens is 2. The summed E-state index contributed by atoms with van der Waals surface area (Å²) in [5.74, 6) is -1.01. The van der Waals surface area contributed by atoms with Crippen molar-refractivity contribution in [3.05, 3.63) is 77.6 Å². The van der Waals surface area contributed by atoms with E-state index in [0.717, 1.165) is 11.3 Å². The van der Waals surface area contributed by atoms with Crippen LogP contribution < -0.4 is 19.9 Å². The normalized spacial score (nSPS) is 14.6. The van der Waals surface area contributed by atoms with E-state index in [0.29, 0.717) is 35.2 Å². The molecule has 1 aliphatic rings. The summed E-state index contributed by atoms with van der Waals surface area (Å²) in [5, 5.41) is 3.67. The van der Waals surface area contributed by atoms with Crippen molar-refractivity contribution in [3.63, 3.8) is 0 Å². The van der Waals surface area contributed by atoms with Gasteiger partial charge in [0.25, 0.3) is 5.91 Å². The largest absolute Gasteiger partial charge is 0.493 e. The van der Waals surface area contributed by atoms with Crippen LogP contribution in [0.5, 0.6) is 5.75 Å². The van der Waals surface area contributed by atoms with Gasteiger partial charge < -0.3 is 19.9 Å². The van der Waals surface area contributed by atoms with E-state index in [2.05, 4.69) is 15.3 Å². The van der Waals surface area contributed by atoms with Crippen molar-refractivity contribution in [1.82, 2.24) is 15.3 Å². The van der Waals surface area contributed by atoms with E-state index in [9.17, 15) is 9.18 Å². The van der Waals surface area contributed by atoms with Gasteiger partial charge in [0.2, 0.25) is 0 Å². The van der Waals surface area contributed by atoms with E-state index in [4.69, 9.17) is 4.74 Å². The maximum atomic E-state index is 15.4. The van der Waals surface area contributed by atoms with Crippen molar-refractivity contribution in [2.75, 3.05) is 44.6 Å². The zero-order chi connectivity index (χ0) is 26.3. The highest BCUT2D eigenvalue weighted by Gasteiger charge is 2.27. The van der Waals surface area contributed by atoms with E-state index < -0.39 is 11.6 Å². The summed E-state index contributed by atoms with van der Waals surface area (Å²) >= 11 is 0. The van der Waals surface area contributed by atoms with Gasteiger partial charge in [-0.15, -0.1) is 0 Å². The minimum atomic E-state index is -0.740. The van der Waals surface area contributed by atoms with Crippen LogP contribution in [0.2, 0.25) is 0 Å². The highest BCUT2D eigenvalue weighted by atomic mass is 19.1. The van der Waals surface area contributed by atoms with E-state index in [1.54, 1.807) is 30.0 Å². The number of hydrogen-bond acceptors (Lipinski definition) is 6. The molecule has 7 nitrogen and oxygen atoms in total. The van der Waals surface area contributed by atoms with E-state index in [1.165, 1.54) is 24.5 Å². The average molecular weight is 504 g/mol. The Morgan fingerprint density at radius 3 is 2.57 bits per heavy atom. The number of amides is 1. The molecular formula is C28H27F2N5O2. The Morgan fingerprint density at radius 2 is 1.81 bits per heavy atom. The van der Waals surface area contributed by atoms with Crippen molar-refractivity contribution < 1.29 is 18.3 Å². The number of hydrogen-bond donors (Lipinski definition) is 1. The molecule has 1 aliphatic heterocycles. The lowest BCUT2D eigenvalue weighted by Gasteiger charge is -2.27. The fraction of sp³-hybridized carbons (Fsp3) is 0.250. The molecule has 1 N–H and O–H groups in total. The fourth-order valence-electron chi connectivity index (χ4n) is 4.77. The lowest BCUT2D eigenvalue weighted by atomic mass is 9.99. The number of ether oxygens (including phenoxy) is 1. The van der Waals surface area contributed by atoms with Gasteiger partial charge in [-0.3, -0.25) is 14.8 Å². The van der Waals surface area contributed by atoms with Gasteiger partial charge in [-0.05, 0) is 24.3 Å². The van der Waals surface area contributed by atoms with Crippen LogP contribution in [0.1, 0.15) is 28.4 Å². The van der Waals surface area contributed by atoms with Gasteiger partial charge in [-0.2, -0.15) is 0 Å². The van der Waals surface area contributed by atoms with E-state index in [-0.39, 0.29) is 28.9 Å². The Kier molecular flexibility index (Phi) is 6.37. The summed E-state index contributed by atoms with van der Waals surface area (Å²) in [7, 11) is 6.98. The predicted molar refractivity (Wildman–Crippen MR) is 140 cm³/mol. The molecule has 0 saturated carbocycles. The Morgan fingerprint density at radius 1 is 1.03 bits per heavy atom. The Bertz CT molecular complexity index is 1510. The van der Waals surface area contributed by atoms with Gasteiger partial charge in [0.1, 0.15) is 17.3 Å². The molecule has 9 heteroatoms. The molecule has 190 valence electrons. The van der Waals surface area contributed by atoms with Crippen molar-refractivity contribution in [3.8, 4) is 17.0 Å². The molecule has 0 spiro atoms. The topological polar surface area (TPSA) is 70.6 Å². The van der Waals surface area contributed by atoms with Gasteiger partial charge in [-0.1, -0.05) is 18.2 Å². The van der Waals surface area contributed by atoms with Crippen LogP contribution in [0.3, 0.4) is 0 Å². The monoisotopic (exact) mass is 503 g/mol. The van der Waals surface area contributed by atoms with Crippen LogP contribution in [0.15, 0.2) is 54.9 Å². The zero-order valence-electron chi connectivity index (χ0n) is 21.0. The number of fused-ring (bicyclic) bond motifs is 2. The average Bonchev–Trinajstić information content (AvgIpc) is 2.88. The van der Waals surface area contributed by atoms with Crippen LogP contribution in [-0.2, 0) is 0 Å². The van der Waals surface area contributed by atoms with Crippen LogP contribution in [0.4, 0.5) is 20.2 Å². The number of nitrogens with zero attached hydrogens (tertiary/aromatic N) is 4. The van der Waals surface area contributed by atoms with Crippen molar-refractivity contribution in [2.24, 2.45) is 0 Å². The molecule has 0 fully saturated rings. The lowest BCUT2D eigenvalue weighted by molar-refractivity contribution is 0.0925. The summed E-state index contributed by atoms with van der Waals surface area (Å²) in [4.78, 5) is 25.7. The second-order valence-electron chi connectivity index (χ2n) is 9.32. The summed E-state index contributed by atoms with van der Waals surface area (Å²) in [6.45, 7) is 0.497. The third-order valence-corrected chi connectivity index (χ3v) is 6.50. The van der Waals surface area contributed by atoms with Gasteiger partial charge in [0, 0.05) is 58.0 Å². The number of nitrogens with one attached hydrogen (secondary N) is 1. The Balaban J connectivity index is 1.61. The SMILES string of the molecule is CN(C)c1ccc(F)c(-c2nccc3c(N(C)C)c(C(=O)N[C@H]4CCOc5ccccc54)cnc23)c1F. The molecule has 0 bridgehead atoms. The highest BCUT2D eigenvalue weighted by molar-refractivity contribution is 6.09. The molecule has 1 amide bonds. The number of pyridine rings is 2. The molecule has 2 aromatic carbocycles. The zero-order valence-corrected chi connectivity index (χ0v) is 21.0. The highest BCUT2D eigenvalue weighted by Crippen LogP contribution is 2.38. The maximum Gasteiger partial charge on any atom is 0.255 e. The lowest BCUT2D eigenvalue weighted by Crippen LogP contribution is -2.33. The molecule has 1 atom stereocenters. The van der Waals surface area contributed by atoms with Crippen molar-refractivity contribution >= 4 is 28.2 Å². The van der Waals surface area contributed by atoms with Crippen molar-refractivity contribution in [2.45, 2.75) is 12.5 Å². The van der Waals surface area contributed by atoms with Crippen LogP contribution >= 0.6 is 0 Å². The number of anilines is 2. The molecule has 3 heterocycles. The second kappa shape index (κ2) is 9.65. The minimum Gasteiger partial charge on any atom is -0.493 e. The standard InChI is InChI=1S/C28H27F2N5O2/c1-34(2)21-10-9-19(29)23(24(21)30)26-25-17(11-13-31-26)27(35(3)4)18(15-32-25)28(36)33-20-12-14-37-22-8-6-5-7-16(20)22/h5-11,13,15,20H,12,14H2,1-4H3,(H,33,36)/t20-/m0/s1. The third kappa shape index (κ3) is 4.30. The predicted octanol–water partition coefficient (Wildman–Crippen LogP) is 4.96. The van der Waals surface area contributed by atoms with Crippen LogP contribution in [0, 0.1) is 11.6 Å². The fourth-order valence-corrected chi connectivity index (χ4v) is 4.77. The van der Waals surface area contributed by atoms with Crippen molar-refractivity contribution in [1.29, 1.82) is 0 Å². The van der Waals surface area contributed by atoms with E-state index >= 15 is 4.39 Å². The van der Waals surface area contributed by atoms with Gasteiger partial charge in [0.15, 0.2) is 5.82 Å². The van der Waals surface area contributed by atoms with Crippen LogP contribution in [0.25, 0.3) is 22.2 Å². The van der Waals surface area contributed by atoms with Crippen LogP contribution in [-0.4, -0.2) is 50.7 Å². The number of carbonyl (C=O) groups excluding carboxylic acids is 1. The molecule has 5 rings (SSSR count). The number of para-hydroxylation sites is 1. The number of rotatable bonds is 5. The first-order valence-electron chi connectivity index (χ1n) is 11.9. The molecule has 2 aromatic heterocycles. The smallest absolute Gasteiger partial charge is 0.255 e. The molecule has 0 aliphatic carbocycles. The number of benzene rings is 2. The maximum absolute atomic E-state index is 15.4. The summed E-state index contributed by atoms with van der Waals surface area (Å²) < 4.78 is 36.1. The molecule has 4 aromatic rings. The molecule has 0 unspecified atom stereocenters. The molecule has 0 radical (unpaired) electrons. The molecule has 0 saturated heterocycles. The Hall–Kier alpha value is -4.27. The van der Waals surface area contributed by atoms with E-state index in [1.807, 2.05) is 38.4 Å². The quantitative estimate of drug-likeness (QED) is 0.415. The molecule has 37 heavy (non-hydrogen) atoms. The third-order valence-electron chi connectivity index (χ3n) is 6.50. The number of carbonyl (C=O) groups is 1. The first-order chi connectivity index (χ1) is 17.8.